The number of likely N-dealkylation sites (tertiary alicyclic amines) is 1. The average molecular weight is 256 g/mol. The topological polar surface area (TPSA) is 44.7 Å². The largest absolute Gasteiger partial charge is 0.395 e. The molecule has 2 rings (SSSR count). The van der Waals surface area contributed by atoms with Gasteiger partial charge in [-0.3, -0.25) is 4.90 Å². The monoisotopic (exact) mass is 256 g/mol. The molecule has 2 aliphatic heterocycles. The molecule has 3 atom stereocenters. The standard InChI is InChI=1S/C14H28N2O2/c1-12-4-6-16(13(12)8-17)10-14(9-15-2)5-3-7-18-11-14/h12-13,15,17H,3-11H2,1-2H3. The Hall–Kier alpha value is -0.160. The lowest BCUT2D eigenvalue weighted by molar-refractivity contribution is -0.0318. The molecule has 2 aliphatic rings. The number of aliphatic hydroxyl groups excluding tert-OH is 1. The van der Waals surface area contributed by atoms with Gasteiger partial charge in [0.25, 0.3) is 0 Å². The van der Waals surface area contributed by atoms with Gasteiger partial charge in [-0.1, -0.05) is 6.92 Å². The summed E-state index contributed by atoms with van der Waals surface area (Å²) < 4.78 is 5.71. The molecule has 2 fully saturated rings. The molecule has 0 bridgehead atoms. The van der Waals surface area contributed by atoms with Crippen LogP contribution in [0.15, 0.2) is 0 Å². The van der Waals surface area contributed by atoms with Crippen LogP contribution in [0.3, 0.4) is 0 Å². The van der Waals surface area contributed by atoms with Crippen LogP contribution in [0.1, 0.15) is 26.2 Å². The summed E-state index contributed by atoms with van der Waals surface area (Å²) in [4.78, 5) is 2.48. The van der Waals surface area contributed by atoms with E-state index in [0.717, 1.165) is 39.3 Å². The Labute approximate surface area is 111 Å². The van der Waals surface area contributed by atoms with Gasteiger partial charge >= 0.3 is 0 Å². The van der Waals surface area contributed by atoms with Gasteiger partial charge < -0.3 is 15.2 Å². The van der Waals surface area contributed by atoms with Gasteiger partial charge in [-0.05, 0) is 38.8 Å². The molecule has 4 nitrogen and oxygen atoms in total. The van der Waals surface area contributed by atoms with Crippen molar-refractivity contribution in [3.8, 4) is 0 Å². The lowest BCUT2D eigenvalue weighted by Gasteiger charge is -2.41. The molecule has 0 aliphatic carbocycles. The minimum Gasteiger partial charge on any atom is -0.395 e. The van der Waals surface area contributed by atoms with E-state index in [-0.39, 0.29) is 12.0 Å². The first kappa shape index (κ1) is 14.3. The van der Waals surface area contributed by atoms with Crippen LogP contribution < -0.4 is 5.32 Å². The molecule has 2 N–H and O–H groups in total. The zero-order valence-electron chi connectivity index (χ0n) is 11.8. The van der Waals surface area contributed by atoms with Crippen LogP contribution in [0.5, 0.6) is 0 Å². The molecule has 0 radical (unpaired) electrons. The molecule has 0 aromatic carbocycles. The molecule has 2 saturated heterocycles. The van der Waals surface area contributed by atoms with Crippen LogP contribution in [0, 0.1) is 11.3 Å². The Morgan fingerprint density at radius 1 is 1.50 bits per heavy atom. The van der Waals surface area contributed by atoms with E-state index in [0.29, 0.717) is 12.0 Å². The number of nitrogens with zero attached hydrogens (tertiary/aromatic N) is 1. The minimum atomic E-state index is 0.241. The normalized spacial score (nSPS) is 38.2. The van der Waals surface area contributed by atoms with Crippen LogP contribution in [0.4, 0.5) is 0 Å². The first-order chi connectivity index (χ1) is 8.71. The molecule has 0 amide bonds. The first-order valence-corrected chi connectivity index (χ1v) is 7.28. The first-order valence-electron chi connectivity index (χ1n) is 7.28. The molecule has 18 heavy (non-hydrogen) atoms. The minimum absolute atomic E-state index is 0.241. The van der Waals surface area contributed by atoms with Crippen molar-refractivity contribution in [2.24, 2.45) is 11.3 Å². The van der Waals surface area contributed by atoms with Crippen molar-refractivity contribution < 1.29 is 9.84 Å². The molecule has 0 aromatic rings. The predicted octanol–water partition coefficient (Wildman–Crippen LogP) is 0.705. The van der Waals surface area contributed by atoms with E-state index in [1.807, 2.05) is 7.05 Å². The lowest BCUT2D eigenvalue weighted by Crippen LogP contribution is -2.50. The van der Waals surface area contributed by atoms with Gasteiger partial charge in [0.2, 0.25) is 0 Å². The highest BCUT2D eigenvalue weighted by atomic mass is 16.5. The van der Waals surface area contributed by atoms with Gasteiger partial charge in [0.05, 0.1) is 13.2 Å². The number of hydrogen-bond donors (Lipinski definition) is 2. The summed E-state index contributed by atoms with van der Waals surface area (Å²) in [6, 6.07) is 0.348. The van der Waals surface area contributed by atoms with Gasteiger partial charge in [-0.2, -0.15) is 0 Å². The summed E-state index contributed by atoms with van der Waals surface area (Å²) in [5.74, 6) is 0.617. The van der Waals surface area contributed by atoms with E-state index in [1.165, 1.54) is 12.8 Å². The fourth-order valence-corrected chi connectivity index (χ4v) is 3.62. The molecule has 0 saturated carbocycles. The van der Waals surface area contributed by atoms with Crippen molar-refractivity contribution in [1.29, 1.82) is 0 Å². The van der Waals surface area contributed by atoms with Crippen molar-refractivity contribution in [3.05, 3.63) is 0 Å². The van der Waals surface area contributed by atoms with Crippen LogP contribution in [-0.2, 0) is 4.74 Å². The number of ether oxygens (including phenoxy) is 1. The number of nitrogens with one attached hydrogen (secondary N) is 1. The smallest absolute Gasteiger partial charge is 0.0589 e. The summed E-state index contributed by atoms with van der Waals surface area (Å²) in [6.07, 6.45) is 3.60. The van der Waals surface area contributed by atoms with E-state index >= 15 is 0 Å². The summed E-state index contributed by atoms with van der Waals surface area (Å²) in [5, 5.41) is 12.9. The summed E-state index contributed by atoms with van der Waals surface area (Å²) in [5.41, 5.74) is 0.241. The summed E-state index contributed by atoms with van der Waals surface area (Å²) in [6.45, 7) is 7.50. The van der Waals surface area contributed by atoms with Crippen LogP contribution >= 0.6 is 0 Å². The number of aliphatic hydroxyl groups is 1. The Morgan fingerprint density at radius 3 is 2.94 bits per heavy atom. The maximum Gasteiger partial charge on any atom is 0.0589 e. The Balaban J connectivity index is 1.99. The number of hydrogen-bond acceptors (Lipinski definition) is 4. The molecular formula is C14H28N2O2. The van der Waals surface area contributed by atoms with E-state index in [2.05, 4.69) is 17.1 Å². The third kappa shape index (κ3) is 3.05. The maximum atomic E-state index is 9.56. The predicted molar refractivity (Wildman–Crippen MR) is 72.6 cm³/mol. The Morgan fingerprint density at radius 2 is 2.33 bits per heavy atom. The van der Waals surface area contributed by atoms with Gasteiger partial charge in [0, 0.05) is 31.2 Å². The van der Waals surface area contributed by atoms with Crippen LogP contribution in [0.25, 0.3) is 0 Å². The van der Waals surface area contributed by atoms with Crippen molar-refractivity contribution in [2.75, 3.05) is 46.5 Å². The van der Waals surface area contributed by atoms with E-state index in [1.54, 1.807) is 0 Å². The summed E-state index contributed by atoms with van der Waals surface area (Å²) in [7, 11) is 2.02. The molecule has 2 heterocycles. The molecule has 106 valence electrons. The van der Waals surface area contributed by atoms with Crippen LogP contribution in [-0.4, -0.2) is 62.6 Å². The van der Waals surface area contributed by atoms with E-state index < -0.39 is 0 Å². The average Bonchev–Trinajstić information content (AvgIpc) is 2.71. The fraction of sp³-hybridized carbons (Fsp3) is 1.00. The molecule has 4 heteroatoms. The Bertz CT molecular complexity index is 249. The van der Waals surface area contributed by atoms with E-state index in [4.69, 9.17) is 4.74 Å². The summed E-state index contributed by atoms with van der Waals surface area (Å²) >= 11 is 0. The lowest BCUT2D eigenvalue weighted by atomic mass is 9.81. The highest BCUT2D eigenvalue weighted by Gasteiger charge is 2.39. The van der Waals surface area contributed by atoms with Crippen molar-refractivity contribution in [2.45, 2.75) is 32.2 Å². The second-order valence-electron chi connectivity index (χ2n) is 6.17. The third-order valence-electron chi connectivity index (χ3n) is 4.68. The van der Waals surface area contributed by atoms with Gasteiger partial charge in [0.1, 0.15) is 0 Å². The Kier molecular flexibility index (Phi) is 5.01. The zero-order valence-corrected chi connectivity index (χ0v) is 11.8. The molecular weight excluding hydrogens is 228 g/mol. The zero-order chi connectivity index (χ0) is 13.0. The van der Waals surface area contributed by atoms with Gasteiger partial charge in [0.15, 0.2) is 0 Å². The fourth-order valence-electron chi connectivity index (χ4n) is 3.62. The number of rotatable bonds is 5. The van der Waals surface area contributed by atoms with Crippen molar-refractivity contribution >= 4 is 0 Å². The van der Waals surface area contributed by atoms with Crippen LogP contribution in [0.2, 0.25) is 0 Å². The maximum absolute atomic E-state index is 9.56. The molecule has 0 aromatic heterocycles. The van der Waals surface area contributed by atoms with Crippen molar-refractivity contribution in [1.82, 2.24) is 10.2 Å². The van der Waals surface area contributed by atoms with Crippen molar-refractivity contribution in [3.63, 3.8) is 0 Å². The highest BCUT2D eigenvalue weighted by Crippen LogP contribution is 2.33. The van der Waals surface area contributed by atoms with Gasteiger partial charge in [-0.15, -0.1) is 0 Å². The molecule has 3 unspecified atom stereocenters. The third-order valence-corrected chi connectivity index (χ3v) is 4.68. The van der Waals surface area contributed by atoms with Gasteiger partial charge in [-0.25, -0.2) is 0 Å². The second kappa shape index (κ2) is 6.33. The SMILES string of the molecule is CNCC1(CN2CCC(C)C2CO)CCCOC1. The quantitative estimate of drug-likeness (QED) is 0.760. The van der Waals surface area contributed by atoms with E-state index in [9.17, 15) is 5.11 Å². The second-order valence-corrected chi connectivity index (χ2v) is 6.17. The molecule has 0 spiro atoms. The highest BCUT2D eigenvalue weighted by molar-refractivity contribution is 4.92.